The average Bonchev–Trinajstić information content (AvgIpc) is 2.61. The molecule has 5 nitrogen and oxygen atoms in total. The Morgan fingerprint density at radius 3 is 2.46 bits per heavy atom. The fourth-order valence-electron chi connectivity index (χ4n) is 2.87. The quantitative estimate of drug-likeness (QED) is 0.841. The van der Waals surface area contributed by atoms with E-state index in [9.17, 15) is 4.79 Å². The molecule has 0 spiro atoms. The number of nitrogens with one attached hydrogen (secondary N) is 1. The van der Waals surface area contributed by atoms with Gasteiger partial charge in [-0.2, -0.15) is 0 Å². The summed E-state index contributed by atoms with van der Waals surface area (Å²) in [5.41, 5.74) is 2.41. The lowest BCUT2D eigenvalue weighted by Crippen LogP contribution is -2.43. The van der Waals surface area contributed by atoms with Crippen molar-refractivity contribution < 1.29 is 9.90 Å². The largest absolute Gasteiger partial charge is 0.394 e. The van der Waals surface area contributed by atoms with Crippen molar-refractivity contribution in [1.82, 2.24) is 15.1 Å². The standard InChI is InChI=1S/C19H31N3O2/c1-15-8-10-22(11-9-15)13-18-6-4-17(5-7-18)12-20-19(24)21(3)16(2)14-23/h4-7,15-16,23H,8-14H2,1-3H3,(H,20,24). The molecule has 1 saturated heterocycles. The van der Waals surface area contributed by atoms with Crippen molar-refractivity contribution in [2.45, 2.75) is 45.8 Å². The van der Waals surface area contributed by atoms with E-state index in [1.165, 1.54) is 36.4 Å². The van der Waals surface area contributed by atoms with Crippen LogP contribution >= 0.6 is 0 Å². The van der Waals surface area contributed by atoms with E-state index >= 15 is 0 Å². The van der Waals surface area contributed by atoms with Gasteiger partial charge in [-0.3, -0.25) is 4.90 Å². The van der Waals surface area contributed by atoms with Gasteiger partial charge >= 0.3 is 6.03 Å². The van der Waals surface area contributed by atoms with Gasteiger partial charge in [-0.15, -0.1) is 0 Å². The van der Waals surface area contributed by atoms with E-state index in [1.54, 1.807) is 7.05 Å². The van der Waals surface area contributed by atoms with Crippen LogP contribution < -0.4 is 5.32 Å². The highest BCUT2D eigenvalue weighted by Gasteiger charge is 2.16. The molecule has 1 aromatic rings. The third-order valence-corrected chi connectivity index (χ3v) is 4.99. The minimum atomic E-state index is -0.181. The first-order chi connectivity index (χ1) is 11.5. The number of aliphatic hydroxyl groups is 1. The summed E-state index contributed by atoms with van der Waals surface area (Å²) >= 11 is 0. The Bertz CT molecular complexity index is 510. The maximum atomic E-state index is 12.0. The SMILES string of the molecule is CC1CCN(Cc2ccc(CNC(=O)N(C)C(C)CO)cc2)CC1. The molecular formula is C19H31N3O2. The van der Waals surface area contributed by atoms with Gasteiger partial charge in [0.15, 0.2) is 0 Å². The Labute approximate surface area is 145 Å². The van der Waals surface area contributed by atoms with Crippen LogP contribution in [0, 0.1) is 5.92 Å². The molecule has 1 atom stereocenters. The molecule has 2 rings (SSSR count). The van der Waals surface area contributed by atoms with Gasteiger partial charge in [0.1, 0.15) is 0 Å². The summed E-state index contributed by atoms with van der Waals surface area (Å²) in [6.45, 7) is 8.00. The van der Waals surface area contributed by atoms with Crippen LogP contribution in [0.25, 0.3) is 0 Å². The number of aliphatic hydroxyl groups excluding tert-OH is 1. The molecule has 1 aliphatic rings. The van der Waals surface area contributed by atoms with Crippen molar-refractivity contribution in [2.24, 2.45) is 5.92 Å². The number of likely N-dealkylation sites (tertiary alicyclic amines) is 1. The number of piperidine rings is 1. The maximum absolute atomic E-state index is 12.0. The molecule has 0 aliphatic carbocycles. The number of carbonyl (C=O) groups excluding carboxylic acids is 1. The number of carbonyl (C=O) groups is 1. The van der Waals surface area contributed by atoms with Crippen molar-refractivity contribution in [2.75, 3.05) is 26.7 Å². The number of urea groups is 1. The van der Waals surface area contributed by atoms with E-state index in [2.05, 4.69) is 41.4 Å². The number of hydrogen-bond acceptors (Lipinski definition) is 3. The first-order valence-corrected chi connectivity index (χ1v) is 8.91. The van der Waals surface area contributed by atoms with Gasteiger partial charge in [-0.1, -0.05) is 31.2 Å². The molecule has 0 saturated carbocycles. The van der Waals surface area contributed by atoms with E-state index in [1.807, 2.05) is 6.92 Å². The molecule has 1 fully saturated rings. The normalized spacial score (nSPS) is 17.5. The molecule has 1 aromatic carbocycles. The number of rotatable bonds is 6. The van der Waals surface area contributed by atoms with Crippen molar-refractivity contribution >= 4 is 6.03 Å². The zero-order valence-electron chi connectivity index (χ0n) is 15.2. The van der Waals surface area contributed by atoms with Crippen molar-refractivity contribution in [1.29, 1.82) is 0 Å². The predicted octanol–water partition coefficient (Wildman–Crippen LogP) is 2.44. The summed E-state index contributed by atoms with van der Waals surface area (Å²) in [6, 6.07) is 8.12. The molecule has 1 heterocycles. The molecule has 134 valence electrons. The van der Waals surface area contributed by atoms with Crippen LogP contribution in [0.2, 0.25) is 0 Å². The Kier molecular flexibility index (Phi) is 7.06. The van der Waals surface area contributed by atoms with E-state index in [0.29, 0.717) is 6.54 Å². The Hall–Kier alpha value is -1.59. The smallest absolute Gasteiger partial charge is 0.317 e. The second-order valence-electron chi connectivity index (χ2n) is 7.08. The monoisotopic (exact) mass is 333 g/mol. The molecule has 0 aromatic heterocycles. The van der Waals surface area contributed by atoms with E-state index in [4.69, 9.17) is 5.11 Å². The fourth-order valence-corrected chi connectivity index (χ4v) is 2.87. The average molecular weight is 333 g/mol. The van der Waals surface area contributed by atoms with Crippen molar-refractivity contribution in [3.05, 3.63) is 35.4 Å². The van der Waals surface area contributed by atoms with Gasteiger partial charge in [0, 0.05) is 20.1 Å². The molecule has 5 heteroatoms. The summed E-state index contributed by atoms with van der Waals surface area (Å²) in [7, 11) is 1.69. The molecule has 1 unspecified atom stereocenters. The van der Waals surface area contributed by atoms with Crippen LogP contribution in [0.3, 0.4) is 0 Å². The summed E-state index contributed by atoms with van der Waals surface area (Å²) in [6.07, 6.45) is 2.59. The van der Waals surface area contributed by atoms with E-state index < -0.39 is 0 Å². The fraction of sp³-hybridized carbons (Fsp3) is 0.632. The summed E-state index contributed by atoms with van der Waals surface area (Å²) in [4.78, 5) is 16.0. The van der Waals surface area contributed by atoms with Gasteiger partial charge in [-0.25, -0.2) is 4.79 Å². The highest BCUT2D eigenvalue weighted by atomic mass is 16.3. The minimum absolute atomic E-state index is 0.0338. The molecular weight excluding hydrogens is 302 g/mol. The second-order valence-corrected chi connectivity index (χ2v) is 7.08. The van der Waals surface area contributed by atoms with Crippen LogP contribution in [0.15, 0.2) is 24.3 Å². The number of likely N-dealkylation sites (N-methyl/N-ethyl adjacent to an activating group) is 1. The van der Waals surface area contributed by atoms with Gasteiger partial charge in [-0.05, 0) is 49.9 Å². The Balaban J connectivity index is 1.78. The van der Waals surface area contributed by atoms with Crippen LogP contribution in [0.1, 0.15) is 37.8 Å². The van der Waals surface area contributed by atoms with Crippen LogP contribution in [-0.2, 0) is 13.1 Å². The van der Waals surface area contributed by atoms with Gasteiger partial charge in [0.25, 0.3) is 0 Å². The number of amides is 2. The molecule has 2 N–H and O–H groups in total. The topological polar surface area (TPSA) is 55.8 Å². The lowest BCUT2D eigenvalue weighted by molar-refractivity contribution is 0.157. The number of nitrogens with zero attached hydrogens (tertiary/aromatic N) is 2. The highest BCUT2D eigenvalue weighted by Crippen LogP contribution is 2.18. The lowest BCUT2D eigenvalue weighted by atomic mass is 9.99. The van der Waals surface area contributed by atoms with Gasteiger partial charge in [0.2, 0.25) is 0 Å². The molecule has 0 bridgehead atoms. The van der Waals surface area contributed by atoms with Crippen LogP contribution in [-0.4, -0.2) is 53.7 Å². The highest BCUT2D eigenvalue weighted by molar-refractivity contribution is 5.74. The predicted molar refractivity (Wildman–Crippen MR) is 96.7 cm³/mol. The maximum Gasteiger partial charge on any atom is 0.317 e. The lowest BCUT2D eigenvalue weighted by Gasteiger charge is -2.30. The third kappa shape index (κ3) is 5.49. The zero-order chi connectivity index (χ0) is 17.5. The van der Waals surface area contributed by atoms with Gasteiger partial charge in [0.05, 0.1) is 12.6 Å². The minimum Gasteiger partial charge on any atom is -0.394 e. The van der Waals surface area contributed by atoms with Crippen LogP contribution in [0.4, 0.5) is 4.79 Å². The van der Waals surface area contributed by atoms with E-state index in [-0.39, 0.29) is 18.7 Å². The van der Waals surface area contributed by atoms with Crippen molar-refractivity contribution in [3.63, 3.8) is 0 Å². The van der Waals surface area contributed by atoms with Gasteiger partial charge < -0.3 is 15.3 Å². The first-order valence-electron chi connectivity index (χ1n) is 8.91. The first kappa shape index (κ1) is 18.7. The number of hydrogen-bond donors (Lipinski definition) is 2. The number of benzene rings is 1. The Morgan fingerprint density at radius 2 is 1.88 bits per heavy atom. The molecule has 1 aliphatic heterocycles. The van der Waals surface area contributed by atoms with E-state index in [0.717, 1.165) is 18.0 Å². The molecule has 0 radical (unpaired) electrons. The van der Waals surface area contributed by atoms with Crippen molar-refractivity contribution in [3.8, 4) is 0 Å². The molecule has 24 heavy (non-hydrogen) atoms. The summed E-state index contributed by atoms with van der Waals surface area (Å²) in [5, 5.41) is 12.0. The van der Waals surface area contributed by atoms with Crippen LogP contribution in [0.5, 0.6) is 0 Å². The Morgan fingerprint density at radius 1 is 1.29 bits per heavy atom. The zero-order valence-corrected chi connectivity index (χ0v) is 15.2. The summed E-state index contributed by atoms with van der Waals surface area (Å²) in [5.74, 6) is 0.860. The third-order valence-electron chi connectivity index (χ3n) is 4.99. The summed E-state index contributed by atoms with van der Waals surface area (Å²) < 4.78 is 0. The second kappa shape index (κ2) is 9.04. The molecule has 2 amide bonds.